The monoisotopic (exact) mass is 323 g/mol. The molecule has 0 amide bonds. The molecule has 0 spiro atoms. The summed E-state index contributed by atoms with van der Waals surface area (Å²) in [4.78, 5) is 15.2. The summed E-state index contributed by atoms with van der Waals surface area (Å²) in [7, 11) is 1.37. The standard InChI is InChI=1S/C11H12BrF2NO3/c1-3-18-9(16)5-7-10(11(13)14)6(12)4-8(15-7)17-2/h4,11H,3,5H2,1-2H3. The van der Waals surface area contributed by atoms with Crippen molar-refractivity contribution in [2.45, 2.75) is 19.8 Å². The first kappa shape index (κ1) is 14.8. The van der Waals surface area contributed by atoms with E-state index < -0.39 is 12.4 Å². The molecule has 1 rings (SSSR count). The highest BCUT2D eigenvalue weighted by atomic mass is 79.9. The predicted octanol–water partition coefficient (Wildman–Crippen LogP) is 2.90. The Labute approximate surface area is 111 Å². The van der Waals surface area contributed by atoms with Crippen molar-refractivity contribution in [3.05, 3.63) is 21.8 Å². The van der Waals surface area contributed by atoms with Gasteiger partial charge in [-0.3, -0.25) is 4.79 Å². The zero-order chi connectivity index (χ0) is 13.7. The van der Waals surface area contributed by atoms with Gasteiger partial charge in [0.15, 0.2) is 0 Å². The Balaban J connectivity index is 3.13. The highest BCUT2D eigenvalue weighted by Gasteiger charge is 2.22. The van der Waals surface area contributed by atoms with Crippen molar-refractivity contribution < 1.29 is 23.0 Å². The molecule has 18 heavy (non-hydrogen) atoms. The number of esters is 1. The minimum atomic E-state index is -2.73. The molecule has 7 heteroatoms. The van der Waals surface area contributed by atoms with E-state index in [1.54, 1.807) is 6.92 Å². The number of rotatable bonds is 5. The summed E-state index contributed by atoms with van der Waals surface area (Å²) in [6, 6.07) is 1.33. The van der Waals surface area contributed by atoms with Crippen molar-refractivity contribution in [3.8, 4) is 5.88 Å². The van der Waals surface area contributed by atoms with Gasteiger partial charge in [-0.1, -0.05) is 15.9 Å². The summed E-state index contributed by atoms with van der Waals surface area (Å²) in [5.74, 6) is -0.447. The quantitative estimate of drug-likeness (QED) is 0.782. The molecule has 1 aromatic heterocycles. The van der Waals surface area contributed by atoms with Crippen LogP contribution in [0.15, 0.2) is 10.5 Å². The van der Waals surface area contributed by atoms with Gasteiger partial charge in [0.25, 0.3) is 6.43 Å². The topological polar surface area (TPSA) is 48.4 Å². The lowest BCUT2D eigenvalue weighted by atomic mass is 10.1. The Hall–Kier alpha value is -1.24. The van der Waals surface area contributed by atoms with Crippen LogP contribution in [0.5, 0.6) is 5.88 Å². The number of hydrogen-bond donors (Lipinski definition) is 0. The van der Waals surface area contributed by atoms with Gasteiger partial charge in [-0.05, 0) is 6.92 Å². The molecule has 0 saturated heterocycles. The second kappa shape index (κ2) is 6.63. The first-order valence-corrected chi connectivity index (χ1v) is 5.96. The molecule has 0 N–H and O–H groups in total. The van der Waals surface area contributed by atoms with Gasteiger partial charge in [0, 0.05) is 10.5 Å². The molecule has 0 unspecified atom stereocenters. The SMILES string of the molecule is CCOC(=O)Cc1nc(OC)cc(Br)c1C(F)F. The maximum Gasteiger partial charge on any atom is 0.311 e. The third kappa shape index (κ3) is 3.63. The molecule has 0 saturated carbocycles. The molecule has 1 heterocycles. The lowest BCUT2D eigenvalue weighted by molar-refractivity contribution is -0.142. The van der Waals surface area contributed by atoms with Gasteiger partial charge in [-0.15, -0.1) is 0 Å². The van der Waals surface area contributed by atoms with Gasteiger partial charge in [0.1, 0.15) is 0 Å². The van der Waals surface area contributed by atoms with Crippen molar-refractivity contribution in [3.63, 3.8) is 0 Å². The number of ether oxygens (including phenoxy) is 2. The van der Waals surface area contributed by atoms with E-state index in [1.807, 2.05) is 0 Å². The third-order valence-corrected chi connectivity index (χ3v) is 2.76. The predicted molar refractivity (Wildman–Crippen MR) is 63.8 cm³/mol. The normalized spacial score (nSPS) is 10.6. The van der Waals surface area contributed by atoms with E-state index in [0.29, 0.717) is 0 Å². The van der Waals surface area contributed by atoms with E-state index in [0.717, 1.165) is 0 Å². The summed E-state index contributed by atoms with van der Waals surface area (Å²) in [5, 5.41) is 0. The zero-order valence-electron chi connectivity index (χ0n) is 9.87. The Morgan fingerprint density at radius 3 is 2.72 bits per heavy atom. The molecular weight excluding hydrogens is 312 g/mol. The second-order valence-corrected chi connectivity index (χ2v) is 4.14. The van der Waals surface area contributed by atoms with Crippen molar-refractivity contribution in [1.82, 2.24) is 4.98 Å². The van der Waals surface area contributed by atoms with E-state index in [9.17, 15) is 13.6 Å². The van der Waals surface area contributed by atoms with E-state index in [1.165, 1.54) is 13.2 Å². The van der Waals surface area contributed by atoms with E-state index >= 15 is 0 Å². The highest BCUT2D eigenvalue weighted by molar-refractivity contribution is 9.10. The fraction of sp³-hybridized carbons (Fsp3) is 0.455. The number of pyridine rings is 1. The van der Waals surface area contributed by atoms with Crippen molar-refractivity contribution in [1.29, 1.82) is 0 Å². The van der Waals surface area contributed by atoms with E-state index in [-0.39, 0.29) is 34.6 Å². The molecule has 0 aliphatic carbocycles. The molecule has 0 aliphatic rings. The molecule has 0 aliphatic heterocycles. The van der Waals surface area contributed by atoms with E-state index in [4.69, 9.17) is 9.47 Å². The number of nitrogens with zero attached hydrogens (tertiary/aromatic N) is 1. The molecule has 4 nitrogen and oxygen atoms in total. The Kier molecular flexibility index (Phi) is 5.46. The van der Waals surface area contributed by atoms with Gasteiger partial charge in [-0.25, -0.2) is 13.8 Å². The van der Waals surface area contributed by atoms with Crippen LogP contribution in [0.4, 0.5) is 8.78 Å². The van der Waals surface area contributed by atoms with Crippen molar-refractivity contribution in [2.24, 2.45) is 0 Å². The summed E-state index contributed by atoms with van der Waals surface area (Å²) < 4.78 is 35.5. The lowest BCUT2D eigenvalue weighted by Crippen LogP contribution is -2.12. The number of halogens is 3. The maximum atomic E-state index is 12.9. The molecule has 0 aromatic carbocycles. The number of carbonyl (C=O) groups is 1. The van der Waals surface area contributed by atoms with Gasteiger partial charge in [-0.2, -0.15) is 0 Å². The average Bonchev–Trinajstić information content (AvgIpc) is 2.27. The molecule has 100 valence electrons. The van der Waals surface area contributed by atoms with Crippen LogP contribution >= 0.6 is 15.9 Å². The summed E-state index contributed by atoms with van der Waals surface area (Å²) in [5.41, 5.74) is -0.362. The van der Waals surface area contributed by atoms with Crippen LogP contribution in [0.2, 0.25) is 0 Å². The number of carbonyl (C=O) groups excluding carboxylic acids is 1. The number of hydrogen-bond acceptors (Lipinski definition) is 4. The van der Waals surface area contributed by atoms with Crippen LogP contribution < -0.4 is 4.74 Å². The Bertz CT molecular complexity index is 441. The molecule has 1 aromatic rings. The second-order valence-electron chi connectivity index (χ2n) is 3.29. The van der Waals surface area contributed by atoms with Crippen LogP contribution in [-0.4, -0.2) is 24.7 Å². The minimum absolute atomic E-state index is 0.0466. The van der Waals surface area contributed by atoms with Crippen molar-refractivity contribution >= 4 is 21.9 Å². The van der Waals surface area contributed by atoms with Gasteiger partial charge >= 0.3 is 5.97 Å². The van der Waals surface area contributed by atoms with E-state index in [2.05, 4.69) is 20.9 Å². The average molecular weight is 324 g/mol. The molecular formula is C11H12BrF2NO3. The van der Waals surface area contributed by atoms with Gasteiger partial charge in [0.05, 0.1) is 31.4 Å². The first-order valence-electron chi connectivity index (χ1n) is 5.16. The fourth-order valence-corrected chi connectivity index (χ4v) is 1.97. The minimum Gasteiger partial charge on any atom is -0.481 e. The summed E-state index contributed by atoms with van der Waals surface area (Å²) >= 11 is 3.02. The molecule has 0 fully saturated rings. The summed E-state index contributed by atoms with van der Waals surface area (Å²) in [6.07, 6.45) is -3.05. The zero-order valence-corrected chi connectivity index (χ0v) is 11.5. The third-order valence-electron chi connectivity index (χ3n) is 2.11. The van der Waals surface area contributed by atoms with Crippen molar-refractivity contribution in [2.75, 3.05) is 13.7 Å². The lowest BCUT2D eigenvalue weighted by Gasteiger charge is -2.11. The van der Waals surface area contributed by atoms with Crippen LogP contribution in [0.25, 0.3) is 0 Å². The maximum absolute atomic E-state index is 12.9. The fourth-order valence-electron chi connectivity index (χ4n) is 1.37. The van der Waals surface area contributed by atoms with Crippen LogP contribution in [-0.2, 0) is 16.0 Å². The van der Waals surface area contributed by atoms with Crippen LogP contribution in [0.1, 0.15) is 24.6 Å². The number of alkyl halides is 2. The molecule has 0 radical (unpaired) electrons. The first-order chi connectivity index (χ1) is 8.49. The molecule has 0 atom stereocenters. The van der Waals surface area contributed by atoms with Crippen LogP contribution in [0.3, 0.4) is 0 Å². The summed E-state index contributed by atoms with van der Waals surface area (Å²) in [6.45, 7) is 1.83. The molecule has 0 bridgehead atoms. The largest absolute Gasteiger partial charge is 0.481 e. The Morgan fingerprint density at radius 2 is 2.22 bits per heavy atom. The number of aromatic nitrogens is 1. The van der Waals surface area contributed by atoms with Gasteiger partial charge < -0.3 is 9.47 Å². The smallest absolute Gasteiger partial charge is 0.311 e. The van der Waals surface area contributed by atoms with Gasteiger partial charge in [0.2, 0.25) is 5.88 Å². The number of methoxy groups -OCH3 is 1. The highest BCUT2D eigenvalue weighted by Crippen LogP contribution is 2.32. The Morgan fingerprint density at radius 1 is 1.56 bits per heavy atom. The van der Waals surface area contributed by atoms with Crippen LogP contribution in [0, 0.1) is 0 Å².